The molecule has 344 valence electrons. The summed E-state index contributed by atoms with van der Waals surface area (Å²) < 4.78 is 13.5. The van der Waals surface area contributed by atoms with Gasteiger partial charge < -0.3 is 25.4 Å². The number of carbonyl (C=O) groups excluding carboxylic acids is 6. The van der Waals surface area contributed by atoms with Gasteiger partial charge in [0.25, 0.3) is 23.6 Å². The number of likely N-dealkylation sites (tertiary alicyclic amines) is 1. The molecule has 3 aliphatic heterocycles. The first-order chi connectivity index (χ1) is 32.2. The number of nitrogens with two attached hydrogens (primary N) is 1. The van der Waals surface area contributed by atoms with Crippen LogP contribution in [0.2, 0.25) is 0 Å². The molecule has 6 amide bonds. The van der Waals surface area contributed by atoms with Crippen LogP contribution in [0.25, 0.3) is 22.3 Å². The summed E-state index contributed by atoms with van der Waals surface area (Å²) in [7, 11) is 1.86. The van der Waals surface area contributed by atoms with Crippen LogP contribution in [0, 0.1) is 11.3 Å². The van der Waals surface area contributed by atoms with Gasteiger partial charge in [-0.2, -0.15) is 10.4 Å². The van der Waals surface area contributed by atoms with E-state index in [2.05, 4.69) is 26.7 Å². The van der Waals surface area contributed by atoms with Gasteiger partial charge in [-0.1, -0.05) is 24.3 Å². The van der Waals surface area contributed by atoms with Gasteiger partial charge in [-0.05, 0) is 101 Å². The predicted octanol–water partition coefficient (Wildman–Crippen LogP) is 4.18. The lowest BCUT2D eigenvalue weighted by atomic mass is 9.97. The van der Waals surface area contributed by atoms with Gasteiger partial charge in [0.15, 0.2) is 12.3 Å². The van der Waals surface area contributed by atoms with Crippen molar-refractivity contribution in [2.45, 2.75) is 63.6 Å². The maximum atomic E-state index is 14.0. The number of nitrogen functional groups attached to an aromatic ring is 1. The lowest BCUT2D eigenvalue weighted by Gasteiger charge is -2.35. The molecule has 8 rings (SSSR count). The van der Waals surface area contributed by atoms with Crippen LogP contribution in [-0.2, 0) is 19.2 Å². The number of hydrogen-bond acceptors (Lipinski definition) is 14. The highest BCUT2D eigenvalue weighted by atomic mass is 16.5. The first-order valence-corrected chi connectivity index (χ1v) is 21.9. The van der Waals surface area contributed by atoms with Gasteiger partial charge in [-0.3, -0.25) is 43.9 Å². The molecule has 67 heavy (non-hydrogen) atoms. The fourth-order valence-electron chi connectivity index (χ4n) is 8.50. The highest BCUT2D eigenvalue weighted by Gasteiger charge is 2.46. The van der Waals surface area contributed by atoms with Crippen LogP contribution in [0.1, 0.15) is 72.7 Å². The smallest absolute Gasteiger partial charge is 0.266 e. The van der Waals surface area contributed by atoms with Crippen molar-refractivity contribution >= 4 is 52.3 Å². The van der Waals surface area contributed by atoms with Gasteiger partial charge in [-0.15, -0.1) is 0 Å². The Labute approximate surface area is 385 Å². The number of benzene rings is 3. The normalized spacial score (nSPS) is 17.6. The molecule has 0 bridgehead atoms. The topological polar surface area (TPSA) is 248 Å². The first-order valence-electron chi connectivity index (χ1n) is 21.9. The molecule has 5 heterocycles. The van der Waals surface area contributed by atoms with E-state index in [1.54, 1.807) is 11.0 Å². The second kappa shape index (κ2) is 19.2. The summed E-state index contributed by atoms with van der Waals surface area (Å²) in [6.45, 7) is 4.88. The van der Waals surface area contributed by atoms with Crippen molar-refractivity contribution in [3.05, 3.63) is 102 Å². The zero-order valence-electron chi connectivity index (χ0n) is 37.2. The molecule has 3 aliphatic rings. The third-order valence-electron chi connectivity index (χ3n) is 12.3. The summed E-state index contributed by atoms with van der Waals surface area (Å²) in [5, 5.41) is 20.8. The van der Waals surface area contributed by atoms with E-state index in [-0.39, 0.29) is 59.6 Å². The number of nitrogens with one attached hydrogen (secondary N) is 2. The van der Waals surface area contributed by atoms with E-state index in [0.29, 0.717) is 60.7 Å². The number of carbonyl (C=O) groups is 6. The Kier molecular flexibility index (Phi) is 13.1. The second-order valence-corrected chi connectivity index (χ2v) is 17.1. The monoisotopic (exact) mass is 907 g/mol. The number of nitriles is 1. The van der Waals surface area contributed by atoms with E-state index >= 15 is 0 Å². The molecule has 5 aromatic rings. The minimum atomic E-state index is -1.13. The number of rotatable bonds is 15. The van der Waals surface area contributed by atoms with E-state index < -0.39 is 47.7 Å². The van der Waals surface area contributed by atoms with Gasteiger partial charge in [0.05, 0.1) is 22.6 Å². The molecular weight excluding hydrogens is 859 g/mol. The van der Waals surface area contributed by atoms with Crippen LogP contribution in [0.3, 0.4) is 0 Å². The van der Waals surface area contributed by atoms with Gasteiger partial charge in [0.2, 0.25) is 11.8 Å². The number of nitrogens with zero attached hydrogens (tertiary/aromatic N) is 8. The minimum absolute atomic E-state index is 0.00570. The SMILES string of the molecule is CN(CCCNC(=O)COc1cccc2c1C(=O)N(C1CCC(=O)NC1=O)C2=O)C(C)(C)/C=C(\C#N)C(=O)N1CCC[C@@H](n2nc(-c3ccc(Oc4ccccc4)cc3)c3c(N)ncnc32)C1. The average Bonchev–Trinajstić information content (AvgIpc) is 3.84. The molecule has 2 atom stereocenters. The Morgan fingerprint density at radius 3 is 2.51 bits per heavy atom. The molecular formula is C48H49N11O8. The van der Waals surface area contributed by atoms with Crippen LogP contribution < -0.4 is 25.8 Å². The fraction of sp³-hybridized carbons (Fsp3) is 0.333. The molecule has 19 nitrogen and oxygen atoms in total. The Bertz CT molecular complexity index is 2840. The average molecular weight is 908 g/mol. The quantitative estimate of drug-likeness (QED) is 0.0578. The molecule has 19 heteroatoms. The van der Waals surface area contributed by atoms with Crippen LogP contribution in [0.15, 0.2) is 90.8 Å². The molecule has 0 saturated carbocycles. The Hall–Kier alpha value is -7.98. The lowest BCUT2D eigenvalue weighted by molar-refractivity contribution is -0.136. The molecule has 0 radical (unpaired) electrons. The maximum absolute atomic E-state index is 14.0. The molecule has 0 aliphatic carbocycles. The maximum Gasteiger partial charge on any atom is 0.266 e. The molecule has 2 fully saturated rings. The summed E-state index contributed by atoms with van der Waals surface area (Å²) in [6.07, 6.45) is 4.97. The van der Waals surface area contributed by atoms with Crippen molar-refractivity contribution < 1.29 is 38.2 Å². The van der Waals surface area contributed by atoms with Crippen LogP contribution in [-0.4, -0.2) is 121 Å². The molecule has 4 N–H and O–H groups in total. The largest absolute Gasteiger partial charge is 0.483 e. The van der Waals surface area contributed by atoms with E-state index in [0.717, 1.165) is 16.9 Å². The summed E-state index contributed by atoms with van der Waals surface area (Å²) in [6, 6.07) is 22.2. The van der Waals surface area contributed by atoms with E-state index in [1.165, 1.54) is 24.5 Å². The molecule has 2 saturated heterocycles. The highest BCUT2D eigenvalue weighted by molar-refractivity contribution is 6.24. The van der Waals surface area contributed by atoms with Gasteiger partial charge in [0, 0.05) is 43.7 Å². The number of para-hydroxylation sites is 1. The van der Waals surface area contributed by atoms with Crippen molar-refractivity contribution in [1.82, 2.24) is 45.1 Å². The Morgan fingerprint density at radius 2 is 1.76 bits per heavy atom. The summed E-state index contributed by atoms with van der Waals surface area (Å²) >= 11 is 0. The number of piperidine rings is 2. The summed E-state index contributed by atoms with van der Waals surface area (Å²) in [4.78, 5) is 90.7. The second-order valence-electron chi connectivity index (χ2n) is 17.1. The number of likely N-dealkylation sites (N-methyl/N-ethyl adjacent to an activating group) is 1. The zero-order chi connectivity index (χ0) is 47.4. The van der Waals surface area contributed by atoms with Crippen molar-refractivity contribution in [1.29, 1.82) is 5.26 Å². The molecule has 1 unspecified atom stereocenters. The Morgan fingerprint density at radius 1 is 1.00 bits per heavy atom. The number of amides is 6. The lowest BCUT2D eigenvalue weighted by Crippen LogP contribution is -2.54. The number of hydrogen-bond donors (Lipinski definition) is 3. The third kappa shape index (κ3) is 9.56. The summed E-state index contributed by atoms with van der Waals surface area (Å²) in [5.74, 6) is -1.79. The molecule has 3 aromatic carbocycles. The highest BCUT2D eigenvalue weighted by Crippen LogP contribution is 2.36. The number of anilines is 1. The van der Waals surface area contributed by atoms with Gasteiger partial charge in [-0.25, -0.2) is 14.6 Å². The van der Waals surface area contributed by atoms with Crippen molar-refractivity contribution in [2.75, 3.05) is 45.6 Å². The first kappa shape index (κ1) is 45.6. The van der Waals surface area contributed by atoms with Gasteiger partial charge in [0.1, 0.15) is 52.8 Å². The van der Waals surface area contributed by atoms with Crippen LogP contribution in [0.5, 0.6) is 17.2 Å². The Balaban J connectivity index is 0.851. The van der Waals surface area contributed by atoms with Crippen LogP contribution >= 0.6 is 0 Å². The third-order valence-corrected chi connectivity index (χ3v) is 12.3. The standard InChI is InChI=1S/C48H49N11O8/c1-48(2,56(3)22-9-21-51-38(61)27-66-36-14-7-13-34-39(36)47(65)58(46(34)64)35-19-20-37(60)54-44(35)62)24-30(25-49)45(63)57-23-8-10-31(26-57)59-43-40(42(50)52-28-53-43)41(55-59)29-15-17-33(18-16-29)67-32-11-5-4-6-12-32/h4-7,11-18,24,28,31,35H,8-10,19-23,26-27H2,1-3H3,(H,51,61)(H2,50,52,53)(H,54,60,62)/b30-24+/t31-,35?/m1/s1. The zero-order valence-corrected chi connectivity index (χ0v) is 37.2. The van der Waals surface area contributed by atoms with E-state index in [9.17, 15) is 34.0 Å². The molecule has 0 spiro atoms. The number of ether oxygens (including phenoxy) is 2. The number of fused-ring (bicyclic) bond motifs is 2. The van der Waals surface area contributed by atoms with E-state index in [4.69, 9.17) is 20.3 Å². The van der Waals surface area contributed by atoms with Crippen molar-refractivity contribution in [3.63, 3.8) is 0 Å². The van der Waals surface area contributed by atoms with E-state index in [1.807, 2.05) is 85.1 Å². The molecule has 2 aromatic heterocycles. The van der Waals surface area contributed by atoms with Gasteiger partial charge >= 0.3 is 0 Å². The van der Waals surface area contributed by atoms with Crippen LogP contribution in [0.4, 0.5) is 5.82 Å². The fourth-order valence-corrected chi connectivity index (χ4v) is 8.50. The van der Waals surface area contributed by atoms with Crippen molar-refractivity contribution in [3.8, 4) is 34.6 Å². The summed E-state index contributed by atoms with van der Waals surface area (Å²) in [5.41, 5.74) is 7.63. The van der Waals surface area contributed by atoms with Crippen molar-refractivity contribution in [2.24, 2.45) is 0 Å². The number of imide groups is 2. The predicted molar refractivity (Wildman–Crippen MR) is 243 cm³/mol. The minimum Gasteiger partial charge on any atom is -0.483 e. The number of aromatic nitrogens is 4.